The lowest BCUT2D eigenvalue weighted by molar-refractivity contribution is 0.181. The smallest absolute Gasteiger partial charge is 0.434 e. The third-order valence-corrected chi connectivity index (χ3v) is 1.78. The number of ether oxygens (including phenoxy) is 1. The van der Waals surface area contributed by atoms with Crippen LogP contribution in [0.3, 0.4) is 0 Å². The zero-order valence-electron chi connectivity index (χ0n) is 6.86. The number of anilines is 1. The minimum Gasteiger partial charge on any atom is -0.441 e. The number of aliphatic imine (C=N–C) groups is 1. The number of rotatable bonds is 1. The molecule has 0 spiro atoms. The number of hydrogen-bond donors (Lipinski definition) is 1. The zero-order valence-corrected chi connectivity index (χ0v) is 6.86. The topological polar surface area (TPSA) is 64.7 Å². The van der Waals surface area contributed by atoms with E-state index in [1.54, 1.807) is 12.1 Å². The molecule has 1 aromatic carbocycles. The molecule has 1 aliphatic rings. The highest BCUT2D eigenvalue weighted by atomic mass is 16.6. The molecule has 0 atom stereocenters. The predicted molar refractivity (Wildman–Crippen MR) is 48.7 cm³/mol. The molecule has 0 fully saturated rings. The maximum atomic E-state index is 10.7. The molecule has 2 rings (SSSR count). The van der Waals surface area contributed by atoms with E-state index in [1.165, 1.54) is 0 Å². The number of nitrogens with two attached hydrogens (primary N) is 1. The van der Waals surface area contributed by atoms with Crippen molar-refractivity contribution in [1.82, 2.24) is 0 Å². The van der Waals surface area contributed by atoms with E-state index in [1.807, 2.05) is 12.1 Å². The molecule has 4 heteroatoms. The summed E-state index contributed by atoms with van der Waals surface area (Å²) in [5, 5.41) is 0. The van der Waals surface area contributed by atoms with Crippen LogP contribution in [0.5, 0.6) is 0 Å². The van der Waals surface area contributed by atoms with Gasteiger partial charge in [-0.25, -0.2) is 4.79 Å². The summed E-state index contributed by atoms with van der Waals surface area (Å²) in [5.74, 6) is 0. The second-order valence-electron chi connectivity index (χ2n) is 2.74. The molecule has 0 radical (unpaired) electrons. The van der Waals surface area contributed by atoms with Crippen molar-refractivity contribution in [2.45, 2.75) is 0 Å². The van der Waals surface area contributed by atoms with Crippen LogP contribution in [0.2, 0.25) is 0 Å². The van der Waals surface area contributed by atoms with Crippen LogP contribution in [0.25, 0.3) is 0 Å². The Morgan fingerprint density at radius 3 is 2.92 bits per heavy atom. The molecule has 1 amide bonds. The van der Waals surface area contributed by atoms with Crippen LogP contribution in [-0.2, 0) is 4.74 Å². The van der Waals surface area contributed by atoms with Gasteiger partial charge in [0.25, 0.3) is 0 Å². The highest BCUT2D eigenvalue weighted by Crippen LogP contribution is 2.11. The van der Waals surface area contributed by atoms with Crippen molar-refractivity contribution in [2.75, 3.05) is 12.3 Å². The monoisotopic (exact) mass is 176 g/mol. The van der Waals surface area contributed by atoms with Crippen LogP contribution in [0.15, 0.2) is 29.3 Å². The van der Waals surface area contributed by atoms with Gasteiger partial charge in [-0.05, 0) is 12.1 Å². The molecule has 0 saturated heterocycles. The van der Waals surface area contributed by atoms with Gasteiger partial charge >= 0.3 is 6.09 Å². The van der Waals surface area contributed by atoms with Crippen molar-refractivity contribution in [2.24, 2.45) is 4.99 Å². The average Bonchev–Trinajstić information content (AvgIpc) is 2.52. The zero-order chi connectivity index (χ0) is 9.26. The predicted octanol–water partition coefficient (Wildman–Crippen LogP) is 1.21. The van der Waals surface area contributed by atoms with Crippen molar-refractivity contribution in [3.63, 3.8) is 0 Å². The normalized spacial score (nSPS) is 15.4. The van der Waals surface area contributed by atoms with E-state index in [0.29, 0.717) is 11.4 Å². The van der Waals surface area contributed by atoms with Gasteiger partial charge in [-0.1, -0.05) is 12.1 Å². The van der Waals surface area contributed by atoms with Crippen LogP contribution >= 0.6 is 0 Å². The maximum absolute atomic E-state index is 10.7. The first-order valence-electron chi connectivity index (χ1n) is 3.86. The number of cyclic esters (lactones) is 1. The fraction of sp³-hybridized carbons (Fsp3) is 0.111. The van der Waals surface area contributed by atoms with Crippen LogP contribution in [0, 0.1) is 0 Å². The quantitative estimate of drug-likeness (QED) is 0.654. The number of nitrogen functional groups attached to an aromatic ring is 1. The number of nitrogens with zero attached hydrogens (tertiary/aromatic N) is 1. The molecular weight excluding hydrogens is 168 g/mol. The van der Waals surface area contributed by atoms with Gasteiger partial charge in [-0.15, -0.1) is 0 Å². The molecule has 0 bridgehead atoms. The van der Waals surface area contributed by atoms with Gasteiger partial charge in [0.2, 0.25) is 0 Å². The summed E-state index contributed by atoms with van der Waals surface area (Å²) in [4.78, 5) is 14.4. The lowest BCUT2D eigenvalue weighted by Gasteiger charge is -1.98. The Kier molecular flexibility index (Phi) is 1.73. The molecule has 0 aromatic heterocycles. The summed E-state index contributed by atoms with van der Waals surface area (Å²) in [6.07, 6.45) is -0.530. The number of carbonyl (C=O) groups is 1. The number of hydrogen-bond acceptors (Lipinski definition) is 3. The van der Waals surface area contributed by atoms with Crippen molar-refractivity contribution in [3.8, 4) is 0 Å². The lowest BCUT2D eigenvalue weighted by Crippen LogP contribution is -2.03. The van der Waals surface area contributed by atoms with E-state index >= 15 is 0 Å². The van der Waals surface area contributed by atoms with E-state index in [2.05, 4.69) is 9.73 Å². The SMILES string of the molecule is Nc1cccc(C2=NC(=O)OC2)c1. The van der Waals surface area contributed by atoms with Crippen molar-refractivity contribution >= 4 is 17.5 Å². The van der Waals surface area contributed by atoms with Crippen molar-refractivity contribution in [1.29, 1.82) is 0 Å². The molecule has 66 valence electrons. The Hall–Kier alpha value is -1.84. The largest absolute Gasteiger partial charge is 0.441 e. The summed E-state index contributed by atoms with van der Waals surface area (Å²) in [7, 11) is 0. The summed E-state index contributed by atoms with van der Waals surface area (Å²) in [6, 6.07) is 7.20. The summed E-state index contributed by atoms with van der Waals surface area (Å²) >= 11 is 0. The first kappa shape index (κ1) is 7.79. The minimum atomic E-state index is -0.530. The average molecular weight is 176 g/mol. The summed E-state index contributed by atoms with van der Waals surface area (Å²) in [5.41, 5.74) is 7.71. The Bertz CT molecular complexity index is 385. The molecule has 1 aromatic rings. The molecule has 1 heterocycles. The molecule has 0 aliphatic carbocycles. The van der Waals surface area contributed by atoms with Crippen LogP contribution < -0.4 is 5.73 Å². The van der Waals surface area contributed by atoms with Crippen molar-refractivity contribution < 1.29 is 9.53 Å². The Morgan fingerprint density at radius 1 is 1.46 bits per heavy atom. The van der Waals surface area contributed by atoms with E-state index in [9.17, 15) is 4.79 Å². The van der Waals surface area contributed by atoms with Gasteiger partial charge < -0.3 is 10.5 Å². The first-order chi connectivity index (χ1) is 6.25. The van der Waals surface area contributed by atoms with Gasteiger partial charge in [0, 0.05) is 11.3 Å². The third-order valence-electron chi connectivity index (χ3n) is 1.78. The third kappa shape index (κ3) is 1.51. The van der Waals surface area contributed by atoms with Gasteiger partial charge in [0.05, 0.1) is 5.71 Å². The Labute approximate surface area is 75.0 Å². The summed E-state index contributed by atoms with van der Waals surface area (Å²) < 4.78 is 4.68. The molecule has 2 N–H and O–H groups in total. The van der Waals surface area contributed by atoms with Gasteiger partial charge in [0.1, 0.15) is 6.61 Å². The standard InChI is InChI=1S/C9H8N2O2/c10-7-3-1-2-6(4-7)8-5-13-9(12)11-8/h1-4H,5,10H2. The molecule has 13 heavy (non-hydrogen) atoms. The van der Waals surface area contributed by atoms with Gasteiger partial charge in [0.15, 0.2) is 0 Å². The van der Waals surface area contributed by atoms with E-state index in [-0.39, 0.29) is 6.61 Å². The maximum Gasteiger partial charge on any atom is 0.434 e. The fourth-order valence-electron chi connectivity index (χ4n) is 1.17. The highest BCUT2D eigenvalue weighted by molar-refractivity contribution is 6.09. The number of carbonyl (C=O) groups excluding carboxylic acids is 1. The van der Waals surface area contributed by atoms with E-state index in [4.69, 9.17) is 5.73 Å². The molecular formula is C9H8N2O2. The molecule has 0 saturated carbocycles. The van der Waals surface area contributed by atoms with Crippen LogP contribution in [0.4, 0.5) is 10.5 Å². The van der Waals surface area contributed by atoms with Crippen LogP contribution in [-0.4, -0.2) is 18.4 Å². The highest BCUT2D eigenvalue weighted by Gasteiger charge is 2.16. The van der Waals surface area contributed by atoms with Crippen molar-refractivity contribution in [3.05, 3.63) is 29.8 Å². The second-order valence-corrected chi connectivity index (χ2v) is 2.74. The van der Waals surface area contributed by atoms with Gasteiger partial charge in [-0.3, -0.25) is 0 Å². The molecule has 4 nitrogen and oxygen atoms in total. The summed E-state index contributed by atoms with van der Waals surface area (Å²) in [6.45, 7) is 0.238. The Balaban J connectivity index is 2.36. The fourth-order valence-corrected chi connectivity index (χ4v) is 1.17. The van der Waals surface area contributed by atoms with E-state index < -0.39 is 6.09 Å². The van der Waals surface area contributed by atoms with E-state index in [0.717, 1.165) is 5.56 Å². The second kappa shape index (κ2) is 2.90. The lowest BCUT2D eigenvalue weighted by atomic mass is 10.1. The first-order valence-corrected chi connectivity index (χ1v) is 3.86. The van der Waals surface area contributed by atoms with Gasteiger partial charge in [-0.2, -0.15) is 4.99 Å². The Morgan fingerprint density at radius 2 is 2.31 bits per heavy atom. The number of amides is 1. The molecule has 0 unspecified atom stereocenters. The molecule has 1 aliphatic heterocycles. The minimum absolute atomic E-state index is 0.238. The number of benzene rings is 1. The van der Waals surface area contributed by atoms with Crippen LogP contribution in [0.1, 0.15) is 5.56 Å².